The number of benzene rings is 2. The van der Waals surface area contributed by atoms with Crippen molar-refractivity contribution in [1.29, 1.82) is 0 Å². The van der Waals surface area contributed by atoms with Crippen molar-refractivity contribution in [1.82, 2.24) is 0 Å². The molecule has 0 saturated heterocycles. The van der Waals surface area contributed by atoms with Crippen molar-refractivity contribution in [2.75, 3.05) is 0 Å². The maximum atomic E-state index is 13.2. The highest BCUT2D eigenvalue weighted by Crippen LogP contribution is 2.36. The zero-order valence-corrected chi connectivity index (χ0v) is 17.3. The molecule has 2 rings (SSSR count). The Kier molecular flexibility index (Phi) is 6.50. The van der Waals surface area contributed by atoms with Crippen molar-refractivity contribution in [3.63, 3.8) is 0 Å². The summed E-state index contributed by atoms with van der Waals surface area (Å²) >= 11 is 6.34. The van der Waals surface area contributed by atoms with Gasteiger partial charge in [0.05, 0.1) is 9.79 Å². The zero-order valence-electron chi connectivity index (χ0n) is 14.9. The van der Waals surface area contributed by atoms with Crippen molar-refractivity contribution in [2.24, 2.45) is 5.92 Å². The van der Waals surface area contributed by atoms with E-state index in [-0.39, 0.29) is 9.79 Å². The summed E-state index contributed by atoms with van der Waals surface area (Å²) in [7, 11) is -8.63. The van der Waals surface area contributed by atoms with Crippen LogP contribution in [0, 0.1) is 5.92 Å². The van der Waals surface area contributed by atoms with Gasteiger partial charge in [-0.2, -0.15) is 0 Å². The van der Waals surface area contributed by atoms with Gasteiger partial charge >= 0.3 is 0 Å². The van der Waals surface area contributed by atoms with Gasteiger partial charge in [-0.3, -0.25) is 0 Å². The van der Waals surface area contributed by atoms with E-state index in [0.29, 0.717) is 6.29 Å². The Labute approximate surface area is 165 Å². The lowest BCUT2D eigenvalue weighted by Gasteiger charge is -2.29. The molecule has 0 aromatic heterocycles. The molecule has 0 amide bonds. The third-order valence-electron chi connectivity index (χ3n) is 4.47. The first-order valence-electron chi connectivity index (χ1n) is 8.29. The number of hydrogen-bond donors (Lipinski definition) is 0. The molecule has 1 atom stereocenters. The molecule has 2 aromatic rings. The van der Waals surface area contributed by atoms with Gasteiger partial charge in [-0.15, -0.1) is 11.6 Å². The highest BCUT2D eigenvalue weighted by molar-refractivity contribution is 8.09. The molecule has 27 heavy (non-hydrogen) atoms. The van der Waals surface area contributed by atoms with Crippen LogP contribution in [0.15, 0.2) is 70.5 Å². The second kappa shape index (κ2) is 8.12. The standard InChI is InChI=1S/C19H21ClO5S2/c1-15(2)19(20,14-21)13-18(26(22,23)16-9-5-3-6-10-16)27(24,25)17-11-7-4-8-12-17/h3-12,14-15,18H,13H2,1-2H3/t19-/m0/s1. The van der Waals surface area contributed by atoms with Gasteiger partial charge in [-0.05, 0) is 30.2 Å². The fraction of sp³-hybridized carbons (Fsp3) is 0.316. The third-order valence-corrected chi connectivity index (χ3v) is 10.2. The predicted octanol–water partition coefficient (Wildman–Crippen LogP) is 3.48. The number of carbonyl (C=O) groups is 1. The Morgan fingerprint density at radius 1 is 0.852 bits per heavy atom. The molecule has 0 heterocycles. The first-order valence-corrected chi connectivity index (χ1v) is 11.8. The van der Waals surface area contributed by atoms with E-state index in [0.717, 1.165) is 0 Å². The summed E-state index contributed by atoms with van der Waals surface area (Å²) in [6, 6.07) is 14.6. The Morgan fingerprint density at radius 3 is 1.52 bits per heavy atom. The van der Waals surface area contributed by atoms with Crippen LogP contribution in [0.25, 0.3) is 0 Å². The smallest absolute Gasteiger partial charge is 0.196 e. The molecule has 0 aliphatic rings. The molecule has 0 aliphatic carbocycles. The third kappa shape index (κ3) is 4.42. The molecule has 5 nitrogen and oxygen atoms in total. The molecular formula is C19H21ClO5S2. The van der Waals surface area contributed by atoms with E-state index < -0.39 is 41.5 Å². The zero-order chi connectivity index (χ0) is 20.3. The van der Waals surface area contributed by atoms with E-state index in [4.69, 9.17) is 11.6 Å². The molecule has 0 bridgehead atoms. The van der Waals surface area contributed by atoms with E-state index in [2.05, 4.69) is 0 Å². The predicted molar refractivity (Wildman–Crippen MR) is 105 cm³/mol. The molecule has 8 heteroatoms. The van der Waals surface area contributed by atoms with E-state index in [9.17, 15) is 21.6 Å². The number of rotatable bonds is 8. The molecule has 146 valence electrons. The number of hydrogen-bond acceptors (Lipinski definition) is 5. The second-order valence-corrected chi connectivity index (χ2v) is 11.8. The maximum Gasteiger partial charge on any atom is 0.196 e. The van der Waals surface area contributed by atoms with Crippen molar-refractivity contribution in [2.45, 2.75) is 39.5 Å². The monoisotopic (exact) mass is 428 g/mol. The van der Waals surface area contributed by atoms with Gasteiger partial charge in [0.25, 0.3) is 0 Å². The number of sulfone groups is 2. The summed E-state index contributed by atoms with van der Waals surface area (Å²) in [4.78, 5) is 9.71. The molecule has 2 aromatic carbocycles. The van der Waals surface area contributed by atoms with Gasteiger partial charge in [0.1, 0.15) is 11.2 Å². The number of aldehydes is 1. The number of halogens is 1. The maximum absolute atomic E-state index is 13.2. The summed E-state index contributed by atoms with van der Waals surface area (Å²) in [5.74, 6) is -0.462. The van der Waals surface area contributed by atoms with Gasteiger partial charge in [0.2, 0.25) is 0 Å². The van der Waals surface area contributed by atoms with Crippen molar-refractivity contribution in [3.8, 4) is 0 Å². The van der Waals surface area contributed by atoms with E-state index in [1.807, 2.05) is 0 Å². The van der Waals surface area contributed by atoms with Crippen molar-refractivity contribution >= 4 is 37.6 Å². The van der Waals surface area contributed by atoms with Gasteiger partial charge in [0.15, 0.2) is 24.3 Å². The molecule has 0 radical (unpaired) electrons. The minimum atomic E-state index is -4.32. The fourth-order valence-electron chi connectivity index (χ4n) is 2.59. The lowest BCUT2D eigenvalue weighted by atomic mass is 9.94. The highest BCUT2D eigenvalue weighted by atomic mass is 35.5. The van der Waals surface area contributed by atoms with Gasteiger partial charge in [0, 0.05) is 6.42 Å². The minimum Gasteiger partial charge on any atom is -0.301 e. The Bertz CT molecular complexity index is 917. The van der Waals surface area contributed by atoms with E-state index in [1.54, 1.807) is 26.0 Å². The summed E-state index contributed by atoms with van der Waals surface area (Å²) < 4.78 is 51.0. The normalized spacial score (nSPS) is 14.9. The van der Waals surface area contributed by atoms with Crippen LogP contribution in [0.1, 0.15) is 20.3 Å². The highest BCUT2D eigenvalue weighted by Gasteiger charge is 2.46. The number of carbonyl (C=O) groups excluding carboxylic acids is 1. The van der Waals surface area contributed by atoms with Crippen LogP contribution in [0.2, 0.25) is 0 Å². The van der Waals surface area contributed by atoms with E-state index >= 15 is 0 Å². The van der Waals surface area contributed by atoms with E-state index in [1.165, 1.54) is 48.5 Å². The van der Waals surface area contributed by atoms with Crippen molar-refractivity contribution in [3.05, 3.63) is 60.7 Å². The average molecular weight is 429 g/mol. The fourth-order valence-corrected chi connectivity index (χ4v) is 7.59. The molecule has 0 aliphatic heterocycles. The average Bonchev–Trinajstić information content (AvgIpc) is 2.66. The van der Waals surface area contributed by atoms with Crippen LogP contribution >= 0.6 is 11.6 Å². The Balaban J connectivity index is 2.68. The lowest BCUT2D eigenvalue weighted by molar-refractivity contribution is -0.111. The van der Waals surface area contributed by atoms with Crippen LogP contribution < -0.4 is 0 Å². The molecule has 0 saturated carbocycles. The van der Waals surface area contributed by atoms with Crippen LogP contribution in [0.4, 0.5) is 0 Å². The quantitative estimate of drug-likeness (QED) is 0.474. The molecule has 0 N–H and O–H groups in total. The van der Waals surface area contributed by atoms with Crippen LogP contribution in [-0.4, -0.2) is 32.6 Å². The first-order chi connectivity index (χ1) is 12.6. The summed E-state index contributed by atoms with van der Waals surface area (Å²) in [6.07, 6.45) is -0.128. The summed E-state index contributed by atoms with van der Waals surface area (Å²) in [6.45, 7) is 3.28. The topological polar surface area (TPSA) is 85.3 Å². The Hall–Kier alpha value is -1.70. The SMILES string of the molecule is CC(C)[C@@](Cl)(C=O)CC(S(=O)(=O)c1ccccc1)S(=O)(=O)c1ccccc1. The Morgan fingerprint density at radius 2 is 1.22 bits per heavy atom. The summed E-state index contributed by atoms with van der Waals surface area (Å²) in [5.41, 5.74) is 0. The first kappa shape index (κ1) is 21.6. The van der Waals surface area contributed by atoms with Gasteiger partial charge < -0.3 is 4.79 Å². The van der Waals surface area contributed by atoms with Crippen LogP contribution in [0.5, 0.6) is 0 Å². The second-order valence-electron chi connectivity index (χ2n) is 6.55. The minimum absolute atomic E-state index is 0.136. The van der Waals surface area contributed by atoms with Gasteiger partial charge in [-0.25, -0.2) is 16.8 Å². The lowest BCUT2D eigenvalue weighted by Crippen LogP contribution is -2.41. The number of alkyl halides is 1. The molecule has 0 unspecified atom stereocenters. The largest absolute Gasteiger partial charge is 0.301 e. The van der Waals surface area contributed by atoms with Crippen molar-refractivity contribution < 1.29 is 21.6 Å². The molecule has 0 fully saturated rings. The van der Waals surface area contributed by atoms with Crippen LogP contribution in [-0.2, 0) is 24.5 Å². The molecular weight excluding hydrogens is 408 g/mol. The summed E-state index contributed by atoms with van der Waals surface area (Å²) in [5, 5.41) is 0. The molecule has 0 spiro atoms. The van der Waals surface area contributed by atoms with Crippen LogP contribution in [0.3, 0.4) is 0 Å². The van der Waals surface area contributed by atoms with Gasteiger partial charge in [-0.1, -0.05) is 50.2 Å².